The molecule has 0 spiro atoms. The Morgan fingerprint density at radius 1 is 1.54 bits per heavy atom. The van der Waals surface area contributed by atoms with Gasteiger partial charge in [-0.05, 0) is 18.3 Å². The van der Waals surface area contributed by atoms with Gasteiger partial charge < -0.3 is 10.1 Å². The van der Waals surface area contributed by atoms with E-state index in [9.17, 15) is 4.79 Å². The Hall–Kier alpha value is -0.280. The minimum absolute atomic E-state index is 0.0482. The first-order valence-electron chi connectivity index (χ1n) is 4.57. The molecule has 0 aromatic heterocycles. The van der Waals surface area contributed by atoms with Crippen LogP contribution in [0.1, 0.15) is 19.8 Å². The quantitative estimate of drug-likeness (QED) is 0.703. The van der Waals surface area contributed by atoms with Crippen molar-refractivity contribution in [3.63, 3.8) is 0 Å². The van der Waals surface area contributed by atoms with Gasteiger partial charge in [0.1, 0.15) is 5.88 Å². The molecule has 1 aliphatic heterocycles. The first-order chi connectivity index (χ1) is 6.16. The summed E-state index contributed by atoms with van der Waals surface area (Å²) >= 11 is 5.38. The van der Waals surface area contributed by atoms with Crippen LogP contribution in [0.5, 0.6) is 0 Å². The summed E-state index contributed by atoms with van der Waals surface area (Å²) in [4.78, 5) is 10.9. The number of hydrogen-bond acceptors (Lipinski definition) is 2. The molecule has 1 heterocycles. The number of hydrogen-bond donors (Lipinski definition) is 1. The normalized spacial score (nSPS) is 21.1. The van der Waals surface area contributed by atoms with E-state index in [1.54, 1.807) is 0 Å². The molecule has 1 amide bonds. The van der Waals surface area contributed by atoms with E-state index in [0.717, 1.165) is 26.1 Å². The van der Waals surface area contributed by atoms with Crippen molar-refractivity contribution in [1.29, 1.82) is 0 Å². The minimum atomic E-state index is -0.0885. The Labute approximate surface area is 83.8 Å². The van der Waals surface area contributed by atoms with Crippen molar-refractivity contribution < 1.29 is 9.53 Å². The highest BCUT2D eigenvalue weighted by Crippen LogP contribution is 2.28. The highest BCUT2D eigenvalue weighted by atomic mass is 35.5. The Kier molecular flexibility index (Phi) is 4.00. The fourth-order valence-corrected chi connectivity index (χ4v) is 1.49. The van der Waals surface area contributed by atoms with E-state index in [2.05, 4.69) is 12.2 Å². The van der Waals surface area contributed by atoms with Gasteiger partial charge >= 0.3 is 0 Å². The van der Waals surface area contributed by atoms with E-state index in [4.69, 9.17) is 16.3 Å². The summed E-state index contributed by atoms with van der Waals surface area (Å²) in [6.07, 6.45) is 2.02. The molecule has 1 aliphatic rings. The lowest BCUT2D eigenvalue weighted by Crippen LogP contribution is -2.39. The van der Waals surface area contributed by atoms with Crippen LogP contribution in [-0.4, -0.2) is 31.5 Å². The van der Waals surface area contributed by atoms with Crippen LogP contribution in [0.2, 0.25) is 0 Å². The fourth-order valence-electron chi connectivity index (χ4n) is 1.40. The molecule has 0 unspecified atom stereocenters. The summed E-state index contributed by atoms with van der Waals surface area (Å²) in [6, 6.07) is 0. The van der Waals surface area contributed by atoms with Gasteiger partial charge in [0.25, 0.3) is 0 Å². The number of ether oxygens (including phenoxy) is 1. The van der Waals surface area contributed by atoms with E-state index < -0.39 is 0 Å². The second kappa shape index (κ2) is 4.82. The number of halogens is 1. The molecule has 3 nitrogen and oxygen atoms in total. The number of nitrogens with one attached hydrogen (secondary N) is 1. The maximum atomic E-state index is 10.9. The van der Waals surface area contributed by atoms with Crippen LogP contribution in [-0.2, 0) is 9.53 Å². The third-order valence-electron chi connectivity index (χ3n) is 2.53. The van der Waals surface area contributed by atoms with Crippen molar-refractivity contribution >= 4 is 17.5 Å². The van der Waals surface area contributed by atoms with Gasteiger partial charge in [0.15, 0.2) is 0 Å². The molecule has 1 saturated heterocycles. The predicted octanol–water partition coefficient (Wildman–Crippen LogP) is 1.16. The molecule has 1 fully saturated rings. The molecule has 76 valence electrons. The van der Waals surface area contributed by atoms with Crippen LogP contribution in [0.25, 0.3) is 0 Å². The monoisotopic (exact) mass is 205 g/mol. The Bertz CT molecular complexity index is 178. The van der Waals surface area contributed by atoms with Gasteiger partial charge in [0.2, 0.25) is 5.91 Å². The molecule has 13 heavy (non-hydrogen) atoms. The highest BCUT2D eigenvalue weighted by molar-refractivity contribution is 6.27. The molecule has 0 aromatic rings. The largest absolute Gasteiger partial charge is 0.381 e. The molecule has 4 heteroatoms. The zero-order chi connectivity index (χ0) is 9.73. The van der Waals surface area contributed by atoms with Crippen LogP contribution >= 0.6 is 11.6 Å². The molecule has 0 aromatic carbocycles. The van der Waals surface area contributed by atoms with Crippen LogP contribution in [0.15, 0.2) is 0 Å². The molecule has 0 bridgehead atoms. The van der Waals surface area contributed by atoms with Crippen molar-refractivity contribution in [1.82, 2.24) is 5.32 Å². The van der Waals surface area contributed by atoms with Crippen LogP contribution < -0.4 is 5.32 Å². The minimum Gasteiger partial charge on any atom is -0.381 e. The van der Waals surface area contributed by atoms with Crippen molar-refractivity contribution in [2.75, 3.05) is 25.6 Å². The second-order valence-corrected chi connectivity index (χ2v) is 4.10. The fraction of sp³-hybridized carbons (Fsp3) is 0.889. The lowest BCUT2D eigenvalue weighted by Gasteiger charge is -2.33. The third kappa shape index (κ3) is 3.53. The number of carbonyl (C=O) groups is 1. The SMILES string of the molecule is CC1(CNC(=O)CCl)CCOCC1. The van der Waals surface area contributed by atoms with E-state index in [1.807, 2.05) is 0 Å². The topological polar surface area (TPSA) is 38.3 Å². The summed E-state index contributed by atoms with van der Waals surface area (Å²) in [7, 11) is 0. The van der Waals surface area contributed by atoms with Gasteiger partial charge in [-0.1, -0.05) is 6.92 Å². The predicted molar refractivity (Wildman–Crippen MR) is 51.9 cm³/mol. The average molecular weight is 206 g/mol. The lowest BCUT2D eigenvalue weighted by atomic mass is 9.82. The van der Waals surface area contributed by atoms with Gasteiger partial charge in [0, 0.05) is 19.8 Å². The molecule has 1 rings (SSSR count). The lowest BCUT2D eigenvalue weighted by molar-refractivity contribution is -0.119. The summed E-state index contributed by atoms with van der Waals surface area (Å²) in [5.41, 5.74) is 0.194. The molecule has 0 aliphatic carbocycles. The van der Waals surface area contributed by atoms with Crippen molar-refractivity contribution in [2.24, 2.45) is 5.41 Å². The molecular formula is C9H16ClNO2. The summed E-state index contributed by atoms with van der Waals surface area (Å²) < 4.78 is 5.26. The van der Waals surface area contributed by atoms with Crippen LogP contribution in [0, 0.1) is 5.41 Å². The third-order valence-corrected chi connectivity index (χ3v) is 2.78. The molecule has 0 radical (unpaired) electrons. The van der Waals surface area contributed by atoms with Gasteiger partial charge in [-0.3, -0.25) is 4.79 Å². The first-order valence-corrected chi connectivity index (χ1v) is 5.10. The standard InChI is InChI=1S/C9H16ClNO2/c1-9(2-4-13-5-3-9)7-11-8(12)6-10/h2-7H2,1H3,(H,11,12). The first kappa shape index (κ1) is 10.8. The van der Waals surface area contributed by atoms with E-state index in [1.165, 1.54) is 0 Å². The number of amides is 1. The smallest absolute Gasteiger partial charge is 0.234 e. The maximum absolute atomic E-state index is 10.9. The summed E-state index contributed by atoms with van der Waals surface area (Å²) in [6.45, 7) is 4.48. The summed E-state index contributed by atoms with van der Waals surface area (Å²) in [5.74, 6) is -0.0403. The average Bonchev–Trinajstić information content (AvgIpc) is 2.15. The van der Waals surface area contributed by atoms with E-state index in [-0.39, 0.29) is 17.2 Å². The van der Waals surface area contributed by atoms with Crippen molar-refractivity contribution in [3.8, 4) is 0 Å². The van der Waals surface area contributed by atoms with Gasteiger partial charge in [-0.15, -0.1) is 11.6 Å². The Balaban J connectivity index is 2.28. The molecular weight excluding hydrogens is 190 g/mol. The van der Waals surface area contributed by atoms with Crippen LogP contribution in [0.3, 0.4) is 0 Å². The Morgan fingerprint density at radius 3 is 2.69 bits per heavy atom. The molecule has 1 N–H and O–H groups in total. The summed E-state index contributed by atoms with van der Waals surface area (Å²) in [5, 5.41) is 2.82. The van der Waals surface area contributed by atoms with Gasteiger partial charge in [-0.2, -0.15) is 0 Å². The van der Waals surface area contributed by atoms with Gasteiger partial charge in [0.05, 0.1) is 0 Å². The number of alkyl halides is 1. The van der Waals surface area contributed by atoms with Gasteiger partial charge in [-0.25, -0.2) is 0 Å². The maximum Gasteiger partial charge on any atom is 0.234 e. The van der Waals surface area contributed by atoms with Crippen molar-refractivity contribution in [2.45, 2.75) is 19.8 Å². The molecule has 0 atom stereocenters. The van der Waals surface area contributed by atoms with E-state index in [0.29, 0.717) is 6.54 Å². The molecule has 0 saturated carbocycles. The number of rotatable bonds is 3. The zero-order valence-corrected chi connectivity index (χ0v) is 8.69. The van der Waals surface area contributed by atoms with E-state index >= 15 is 0 Å². The highest BCUT2D eigenvalue weighted by Gasteiger charge is 2.27. The number of carbonyl (C=O) groups excluding carboxylic acids is 1. The Morgan fingerprint density at radius 2 is 2.15 bits per heavy atom. The van der Waals surface area contributed by atoms with Crippen LogP contribution in [0.4, 0.5) is 0 Å². The zero-order valence-electron chi connectivity index (χ0n) is 7.94. The van der Waals surface area contributed by atoms with Crippen molar-refractivity contribution in [3.05, 3.63) is 0 Å². The second-order valence-electron chi connectivity index (χ2n) is 3.83.